The number of rotatable bonds is 3. The minimum absolute atomic E-state index is 0.118. The van der Waals surface area contributed by atoms with Crippen LogP contribution < -0.4 is 11.1 Å². The molecular weight excluding hydrogens is 352 g/mol. The second kappa shape index (κ2) is 8.49. The highest BCUT2D eigenvalue weighted by Crippen LogP contribution is 2.40. The van der Waals surface area contributed by atoms with Crippen molar-refractivity contribution >= 4 is 23.5 Å². The normalized spacial score (nSPS) is 17.3. The van der Waals surface area contributed by atoms with Crippen molar-refractivity contribution in [1.29, 1.82) is 0 Å². The lowest BCUT2D eigenvalue weighted by atomic mass is 9.95. The molecule has 1 amide bonds. The van der Waals surface area contributed by atoms with E-state index in [1.807, 2.05) is 6.07 Å². The molecule has 2 aliphatic rings. The number of nitrogen functional groups attached to an aromatic ring is 1. The lowest BCUT2D eigenvalue weighted by molar-refractivity contribution is -0.119. The third kappa shape index (κ3) is 5.17. The highest BCUT2D eigenvalue weighted by molar-refractivity contribution is 6.32. The molecule has 2 aromatic rings. The fraction of sp³-hybridized carbons (Fsp3) is 0.556. The van der Waals surface area contributed by atoms with Gasteiger partial charge in [0.15, 0.2) is 0 Å². The summed E-state index contributed by atoms with van der Waals surface area (Å²) in [4.78, 5) is 18.5. The summed E-state index contributed by atoms with van der Waals surface area (Å²) in [5.74, 6) is 0.946. The van der Waals surface area contributed by atoms with Crippen LogP contribution in [0.1, 0.15) is 63.5 Å². The minimum Gasteiger partial charge on any atom is -0.368 e. The fourth-order valence-corrected chi connectivity index (χ4v) is 3.34. The van der Waals surface area contributed by atoms with Crippen molar-refractivity contribution in [2.24, 2.45) is 0 Å². The number of nitrogens with zero attached hydrogens (tertiary/aromatic N) is 3. The van der Waals surface area contributed by atoms with Gasteiger partial charge in [-0.1, -0.05) is 30.9 Å². The van der Waals surface area contributed by atoms with E-state index >= 15 is 0 Å². The molecule has 2 aromatic heterocycles. The van der Waals surface area contributed by atoms with Crippen LogP contribution >= 0.6 is 11.6 Å². The number of aromatic amines is 1. The first-order valence-electron chi connectivity index (χ1n) is 9.13. The predicted octanol–water partition coefficient (Wildman–Crippen LogP) is 3.43. The molecule has 0 unspecified atom stereocenters. The number of carbonyl (C=O) groups is 1. The molecule has 4 N–H and O–H groups in total. The summed E-state index contributed by atoms with van der Waals surface area (Å²) in [6, 6.07) is 2.46. The van der Waals surface area contributed by atoms with Crippen molar-refractivity contribution in [2.75, 3.05) is 5.73 Å². The second-order valence-corrected chi connectivity index (χ2v) is 7.35. The molecule has 2 aliphatic carbocycles. The molecule has 0 saturated heterocycles. The largest absolute Gasteiger partial charge is 0.368 e. The van der Waals surface area contributed by atoms with Crippen molar-refractivity contribution in [3.63, 3.8) is 0 Å². The molecule has 8 heteroatoms. The number of anilines is 1. The first-order valence-corrected chi connectivity index (χ1v) is 9.51. The molecule has 0 radical (unpaired) electrons. The van der Waals surface area contributed by atoms with E-state index in [2.05, 4.69) is 25.5 Å². The number of nitrogens with one attached hydrogen (secondary N) is 2. The van der Waals surface area contributed by atoms with Crippen LogP contribution in [0.3, 0.4) is 0 Å². The van der Waals surface area contributed by atoms with Crippen LogP contribution in [-0.2, 0) is 4.79 Å². The Hall–Kier alpha value is -2.15. The summed E-state index contributed by atoms with van der Waals surface area (Å²) in [7, 11) is 0. The van der Waals surface area contributed by atoms with E-state index in [-0.39, 0.29) is 11.9 Å². The lowest BCUT2D eigenvalue weighted by Crippen LogP contribution is -2.34. The maximum Gasteiger partial charge on any atom is 0.220 e. The van der Waals surface area contributed by atoms with E-state index in [4.69, 9.17) is 17.3 Å². The van der Waals surface area contributed by atoms with Crippen molar-refractivity contribution in [1.82, 2.24) is 25.5 Å². The molecule has 0 aliphatic heterocycles. The second-order valence-electron chi connectivity index (χ2n) is 6.94. The number of hydrogen-bond acceptors (Lipinski definition) is 5. The zero-order valence-corrected chi connectivity index (χ0v) is 15.7. The van der Waals surface area contributed by atoms with E-state index in [1.165, 1.54) is 51.1 Å². The van der Waals surface area contributed by atoms with Gasteiger partial charge in [-0.25, -0.2) is 9.97 Å². The SMILES string of the molecule is CC(=O)NC1CCCCC1.Nc1ncc(Cl)c(-c2cc(C3CC3)[nH]n2)n1. The molecule has 0 atom stereocenters. The summed E-state index contributed by atoms with van der Waals surface area (Å²) in [5.41, 5.74) is 7.97. The molecule has 2 heterocycles. The van der Waals surface area contributed by atoms with E-state index in [1.54, 1.807) is 6.92 Å². The van der Waals surface area contributed by atoms with Gasteiger partial charge in [0.25, 0.3) is 0 Å². The highest BCUT2D eigenvalue weighted by atomic mass is 35.5. The molecule has 26 heavy (non-hydrogen) atoms. The monoisotopic (exact) mass is 376 g/mol. The third-order valence-electron chi connectivity index (χ3n) is 4.63. The van der Waals surface area contributed by atoms with E-state index in [9.17, 15) is 4.79 Å². The zero-order valence-electron chi connectivity index (χ0n) is 15.0. The molecule has 4 rings (SSSR count). The Morgan fingerprint density at radius 3 is 2.65 bits per heavy atom. The lowest BCUT2D eigenvalue weighted by Gasteiger charge is -2.21. The molecular formula is C18H25ClN6O. The van der Waals surface area contributed by atoms with Gasteiger partial charge < -0.3 is 11.1 Å². The number of aromatic nitrogens is 4. The van der Waals surface area contributed by atoms with Gasteiger partial charge in [0.2, 0.25) is 11.9 Å². The van der Waals surface area contributed by atoms with E-state index < -0.39 is 0 Å². The quantitative estimate of drug-likeness (QED) is 0.760. The Labute approximate surface area is 158 Å². The summed E-state index contributed by atoms with van der Waals surface area (Å²) < 4.78 is 0. The first kappa shape index (κ1) is 18.6. The van der Waals surface area contributed by atoms with Crippen molar-refractivity contribution in [3.8, 4) is 11.4 Å². The van der Waals surface area contributed by atoms with Crippen molar-refractivity contribution in [2.45, 2.75) is 63.8 Å². The number of nitrogens with two attached hydrogens (primary N) is 1. The summed E-state index contributed by atoms with van der Waals surface area (Å²) >= 11 is 6.00. The van der Waals surface area contributed by atoms with Gasteiger partial charge in [0, 0.05) is 24.6 Å². The van der Waals surface area contributed by atoms with Crippen LogP contribution in [0.25, 0.3) is 11.4 Å². The van der Waals surface area contributed by atoms with Crippen molar-refractivity contribution in [3.05, 3.63) is 23.0 Å². The Morgan fingerprint density at radius 2 is 2.00 bits per heavy atom. The van der Waals surface area contributed by atoms with Crippen LogP contribution in [-0.4, -0.2) is 32.1 Å². The zero-order chi connectivity index (χ0) is 18.5. The number of carbonyl (C=O) groups excluding carboxylic acids is 1. The Morgan fingerprint density at radius 1 is 1.27 bits per heavy atom. The standard InChI is InChI=1S/C10H10ClN5.C8H15NO/c11-6-4-13-10(12)14-9(6)8-3-7(15-16-8)5-1-2-5;1-7(10)9-8-5-3-2-4-6-8/h3-5H,1-2H2,(H,15,16)(H2,12,13,14);8H,2-6H2,1H3,(H,9,10). The fourth-order valence-electron chi connectivity index (χ4n) is 3.16. The Balaban J connectivity index is 0.000000170. The molecule has 140 valence electrons. The first-order chi connectivity index (χ1) is 12.5. The average Bonchev–Trinajstić information content (AvgIpc) is 3.35. The predicted molar refractivity (Wildman–Crippen MR) is 102 cm³/mol. The van der Waals surface area contributed by atoms with E-state index in [0.29, 0.717) is 22.7 Å². The maximum atomic E-state index is 10.6. The van der Waals surface area contributed by atoms with Gasteiger partial charge in [-0.2, -0.15) is 5.10 Å². The average molecular weight is 377 g/mol. The number of hydrogen-bond donors (Lipinski definition) is 3. The van der Waals surface area contributed by atoms with Crippen LogP contribution in [0.2, 0.25) is 5.02 Å². The Bertz CT molecular complexity index is 752. The van der Waals surface area contributed by atoms with Gasteiger partial charge >= 0.3 is 0 Å². The molecule has 7 nitrogen and oxygen atoms in total. The van der Waals surface area contributed by atoms with Gasteiger partial charge in [-0.05, 0) is 31.7 Å². The topological polar surface area (TPSA) is 110 Å². The smallest absolute Gasteiger partial charge is 0.220 e. The molecule has 2 fully saturated rings. The van der Waals surface area contributed by atoms with Crippen molar-refractivity contribution < 1.29 is 4.79 Å². The highest BCUT2D eigenvalue weighted by Gasteiger charge is 2.26. The number of halogens is 1. The third-order valence-corrected chi connectivity index (χ3v) is 4.91. The summed E-state index contributed by atoms with van der Waals surface area (Å²) in [5, 5.41) is 10.6. The van der Waals surface area contributed by atoms with Gasteiger partial charge in [-0.3, -0.25) is 9.89 Å². The van der Waals surface area contributed by atoms with Crippen LogP contribution in [0.4, 0.5) is 5.95 Å². The van der Waals surface area contributed by atoms with Crippen LogP contribution in [0.15, 0.2) is 12.3 Å². The number of H-pyrrole nitrogens is 1. The van der Waals surface area contributed by atoms with Gasteiger partial charge in [0.05, 0.1) is 11.2 Å². The molecule has 2 saturated carbocycles. The van der Waals surface area contributed by atoms with E-state index in [0.717, 1.165) is 11.4 Å². The minimum atomic E-state index is 0.118. The molecule has 0 spiro atoms. The van der Waals surface area contributed by atoms with Gasteiger partial charge in [-0.15, -0.1) is 0 Å². The van der Waals surface area contributed by atoms with Gasteiger partial charge in [0.1, 0.15) is 11.4 Å². The number of amides is 1. The molecule has 0 bridgehead atoms. The Kier molecular flexibility index (Phi) is 6.08. The summed E-state index contributed by atoms with van der Waals surface area (Å²) in [6.45, 7) is 1.59. The maximum absolute atomic E-state index is 10.6. The summed E-state index contributed by atoms with van der Waals surface area (Å²) in [6.07, 6.45) is 10.2. The van der Waals surface area contributed by atoms with Crippen LogP contribution in [0.5, 0.6) is 0 Å². The molecule has 0 aromatic carbocycles. The van der Waals surface area contributed by atoms with Crippen LogP contribution in [0, 0.1) is 0 Å².